The van der Waals surface area contributed by atoms with Crippen LogP contribution in [0.1, 0.15) is 5.56 Å². The van der Waals surface area contributed by atoms with Crippen LogP contribution in [-0.4, -0.2) is 23.3 Å². The number of nitriles is 1. The molecule has 0 bridgehead atoms. The molecule has 0 unspecified atom stereocenters. The van der Waals surface area contributed by atoms with Crippen LogP contribution in [0.3, 0.4) is 0 Å². The van der Waals surface area contributed by atoms with Gasteiger partial charge in [-0.2, -0.15) is 5.26 Å². The van der Waals surface area contributed by atoms with Crippen molar-refractivity contribution in [3.63, 3.8) is 0 Å². The highest BCUT2D eigenvalue weighted by Gasteiger charge is 2.05. The quantitative estimate of drug-likeness (QED) is 0.737. The van der Waals surface area contributed by atoms with E-state index in [0.29, 0.717) is 0 Å². The van der Waals surface area contributed by atoms with Gasteiger partial charge >= 0.3 is 0 Å². The SMILES string of the molecule is N#Cc1cnc(OCCO)c(F)c1. The van der Waals surface area contributed by atoms with E-state index in [4.69, 9.17) is 15.1 Å². The van der Waals surface area contributed by atoms with Gasteiger partial charge < -0.3 is 9.84 Å². The van der Waals surface area contributed by atoms with Crippen LogP contribution in [0.2, 0.25) is 0 Å². The second-order valence-corrected chi connectivity index (χ2v) is 2.19. The van der Waals surface area contributed by atoms with Crippen molar-refractivity contribution in [3.8, 4) is 11.9 Å². The third kappa shape index (κ3) is 2.39. The Morgan fingerprint density at radius 1 is 1.69 bits per heavy atom. The largest absolute Gasteiger partial charge is 0.473 e. The van der Waals surface area contributed by atoms with E-state index in [1.807, 2.05) is 0 Å². The molecular formula is C8H7FN2O2. The van der Waals surface area contributed by atoms with Gasteiger partial charge in [-0.1, -0.05) is 0 Å². The molecule has 0 aromatic carbocycles. The molecule has 0 fully saturated rings. The van der Waals surface area contributed by atoms with Crippen LogP contribution in [0.25, 0.3) is 0 Å². The van der Waals surface area contributed by atoms with Crippen LogP contribution in [0.4, 0.5) is 4.39 Å². The summed E-state index contributed by atoms with van der Waals surface area (Å²) in [4.78, 5) is 3.56. The molecule has 0 saturated heterocycles. The summed E-state index contributed by atoms with van der Waals surface area (Å²) < 4.78 is 17.7. The monoisotopic (exact) mass is 182 g/mol. The van der Waals surface area contributed by atoms with E-state index >= 15 is 0 Å². The first-order valence-corrected chi connectivity index (χ1v) is 3.57. The molecule has 0 amide bonds. The lowest BCUT2D eigenvalue weighted by atomic mass is 10.3. The van der Waals surface area contributed by atoms with Crippen LogP contribution in [0.5, 0.6) is 5.88 Å². The molecule has 1 N–H and O–H groups in total. The van der Waals surface area contributed by atoms with Crippen LogP contribution in [0, 0.1) is 17.1 Å². The first-order chi connectivity index (χ1) is 6.27. The van der Waals surface area contributed by atoms with Gasteiger partial charge in [0, 0.05) is 6.20 Å². The highest BCUT2D eigenvalue weighted by Crippen LogP contribution is 2.13. The molecule has 0 saturated carbocycles. The minimum atomic E-state index is -0.701. The summed E-state index contributed by atoms with van der Waals surface area (Å²) in [5.74, 6) is -0.902. The zero-order valence-corrected chi connectivity index (χ0v) is 6.70. The molecule has 0 aliphatic carbocycles. The number of aliphatic hydroxyl groups excluding tert-OH is 1. The van der Waals surface area contributed by atoms with Gasteiger partial charge in [0.1, 0.15) is 12.7 Å². The lowest BCUT2D eigenvalue weighted by molar-refractivity contribution is 0.191. The summed E-state index contributed by atoms with van der Waals surface area (Å²) in [5.41, 5.74) is 0.133. The molecule has 0 spiro atoms. The predicted octanol–water partition coefficient (Wildman–Crippen LogP) is 0.463. The number of aliphatic hydroxyl groups is 1. The maximum Gasteiger partial charge on any atom is 0.250 e. The van der Waals surface area contributed by atoms with E-state index in [-0.39, 0.29) is 24.7 Å². The Hall–Kier alpha value is -1.67. The standard InChI is InChI=1S/C8H7FN2O2/c9-7-3-6(4-10)5-11-8(7)13-2-1-12/h3,5,12H,1-2H2. The van der Waals surface area contributed by atoms with E-state index < -0.39 is 5.82 Å². The Labute approximate surface area is 74.2 Å². The molecule has 1 aromatic rings. The number of aromatic nitrogens is 1. The molecule has 0 aliphatic rings. The fourth-order valence-electron chi connectivity index (χ4n) is 0.735. The van der Waals surface area contributed by atoms with Crippen molar-refractivity contribution in [1.29, 1.82) is 5.26 Å². The van der Waals surface area contributed by atoms with E-state index in [0.717, 1.165) is 6.07 Å². The van der Waals surface area contributed by atoms with Crippen LogP contribution in [-0.2, 0) is 0 Å². The summed E-state index contributed by atoms with van der Waals surface area (Å²) in [7, 11) is 0. The first kappa shape index (κ1) is 9.42. The van der Waals surface area contributed by atoms with Crippen molar-refractivity contribution in [1.82, 2.24) is 4.98 Å². The van der Waals surface area contributed by atoms with Gasteiger partial charge in [0.15, 0.2) is 5.82 Å². The number of ether oxygens (including phenoxy) is 1. The van der Waals surface area contributed by atoms with Gasteiger partial charge in [-0.25, -0.2) is 9.37 Å². The van der Waals surface area contributed by atoms with Crippen molar-refractivity contribution in [2.24, 2.45) is 0 Å². The van der Waals surface area contributed by atoms with Gasteiger partial charge in [-0.3, -0.25) is 0 Å². The molecule has 5 heteroatoms. The predicted molar refractivity (Wildman–Crippen MR) is 41.5 cm³/mol. The maximum atomic E-state index is 12.9. The number of rotatable bonds is 3. The Balaban J connectivity index is 2.81. The van der Waals surface area contributed by atoms with Crippen molar-refractivity contribution >= 4 is 0 Å². The number of halogens is 1. The van der Waals surface area contributed by atoms with Crippen molar-refractivity contribution in [3.05, 3.63) is 23.6 Å². The fraction of sp³-hybridized carbons (Fsp3) is 0.250. The highest BCUT2D eigenvalue weighted by molar-refractivity contribution is 5.29. The van der Waals surface area contributed by atoms with E-state index in [2.05, 4.69) is 4.98 Å². The van der Waals surface area contributed by atoms with E-state index in [1.165, 1.54) is 6.20 Å². The minimum Gasteiger partial charge on any atom is -0.473 e. The average Bonchev–Trinajstić information content (AvgIpc) is 2.16. The molecular weight excluding hydrogens is 175 g/mol. The number of hydrogen-bond acceptors (Lipinski definition) is 4. The third-order valence-electron chi connectivity index (χ3n) is 1.27. The molecule has 1 aromatic heterocycles. The average molecular weight is 182 g/mol. The van der Waals surface area contributed by atoms with Gasteiger partial charge in [0.25, 0.3) is 5.88 Å². The second-order valence-electron chi connectivity index (χ2n) is 2.19. The normalized spacial score (nSPS) is 9.31. The Bertz CT molecular complexity index is 335. The van der Waals surface area contributed by atoms with Crippen molar-refractivity contribution in [2.45, 2.75) is 0 Å². The van der Waals surface area contributed by atoms with Crippen molar-refractivity contribution < 1.29 is 14.2 Å². The molecule has 4 nitrogen and oxygen atoms in total. The van der Waals surface area contributed by atoms with Crippen LogP contribution in [0.15, 0.2) is 12.3 Å². The zero-order valence-electron chi connectivity index (χ0n) is 6.70. The minimum absolute atomic E-state index is 0.0180. The lowest BCUT2D eigenvalue weighted by Crippen LogP contribution is -2.04. The molecule has 13 heavy (non-hydrogen) atoms. The summed E-state index contributed by atoms with van der Waals surface area (Å²) in [6.45, 7) is -0.225. The van der Waals surface area contributed by atoms with Crippen LogP contribution < -0.4 is 4.74 Å². The Morgan fingerprint density at radius 3 is 3.00 bits per heavy atom. The molecule has 1 rings (SSSR count). The smallest absolute Gasteiger partial charge is 0.250 e. The molecule has 68 valence electrons. The highest BCUT2D eigenvalue weighted by atomic mass is 19.1. The Morgan fingerprint density at radius 2 is 2.46 bits per heavy atom. The maximum absolute atomic E-state index is 12.9. The molecule has 0 radical (unpaired) electrons. The first-order valence-electron chi connectivity index (χ1n) is 3.57. The molecule has 0 aliphatic heterocycles. The second kappa shape index (κ2) is 4.38. The van der Waals surface area contributed by atoms with Gasteiger partial charge in [-0.05, 0) is 6.07 Å². The Kier molecular flexibility index (Phi) is 3.17. The number of nitrogens with zero attached hydrogens (tertiary/aromatic N) is 2. The summed E-state index contributed by atoms with van der Waals surface area (Å²) >= 11 is 0. The van der Waals surface area contributed by atoms with E-state index in [1.54, 1.807) is 6.07 Å². The van der Waals surface area contributed by atoms with Crippen LogP contribution >= 0.6 is 0 Å². The molecule has 1 heterocycles. The summed E-state index contributed by atoms with van der Waals surface area (Å²) in [6, 6.07) is 2.77. The topological polar surface area (TPSA) is 66.1 Å². The lowest BCUT2D eigenvalue weighted by Gasteiger charge is -2.03. The van der Waals surface area contributed by atoms with E-state index in [9.17, 15) is 4.39 Å². The summed E-state index contributed by atoms with van der Waals surface area (Å²) in [5, 5.41) is 16.8. The number of pyridine rings is 1. The van der Waals surface area contributed by atoms with Gasteiger partial charge in [0.2, 0.25) is 0 Å². The fourth-order valence-corrected chi connectivity index (χ4v) is 0.735. The zero-order chi connectivity index (χ0) is 9.68. The summed E-state index contributed by atoms with van der Waals surface area (Å²) in [6.07, 6.45) is 1.20. The van der Waals surface area contributed by atoms with Gasteiger partial charge in [0.05, 0.1) is 12.2 Å². The molecule has 0 atom stereocenters. The number of hydrogen-bond donors (Lipinski definition) is 1. The third-order valence-corrected chi connectivity index (χ3v) is 1.27. The van der Waals surface area contributed by atoms with Crippen molar-refractivity contribution in [2.75, 3.05) is 13.2 Å². The van der Waals surface area contributed by atoms with Gasteiger partial charge in [-0.15, -0.1) is 0 Å².